The number of likely N-dealkylation sites (N-methyl/N-ethyl adjacent to an activating group) is 1. The first-order valence-electron chi connectivity index (χ1n) is 7.99. The predicted molar refractivity (Wildman–Crippen MR) is 91.9 cm³/mol. The van der Waals surface area contributed by atoms with E-state index in [1.807, 2.05) is 6.92 Å². The number of urea groups is 1. The molecule has 1 aromatic carbocycles. The zero-order chi connectivity index (χ0) is 18.1. The number of aromatic nitrogens is 2. The summed E-state index contributed by atoms with van der Waals surface area (Å²) >= 11 is 0. The fourth-order valence-electron chi connectivity index (χ4n) is 3.00. The van der Waals surface area contributed by atoms with Gasteiger partial charge in [0.25, 0.3) is 0 Å². The molecule has 0 bridgehead atoms. The number of hydrogen-bond donors (Lipinski definition) is 1. The summed E-state index contributed by atoms with van der Waals surface area (Å²) in [5.41, 5.74) is 1.02. The van der Waals surface area contributed by atoms with Crippen LogP contribution in [0.3, 0.4) is 0 Å². The molecule has 1 fully saturated rings. The minimum atomic E-state index is -0.631. The third-order valence-corrected chi connectivity index (χ3v) is 4.35. The predicted octanol–water partition coefficient (Wildman–Crippen LogP) is 2.14. The van der Waals surface area contributed by atoms with E-state index in [1.54, 1.807) is 43.0 Å². The molecule has 2 heterocycles. The first-order chi connectivity index (χ1) is 11.9. The van der Waals surface area contributed by atoms with Gasteiger partial charge in [0.05, 0.1) is 11.4 Å². The molecule has 1 aliphatic heterocycles. The molecule has 1 aromatic heterocycles. The molecule has 132 valence electrons. The molecule has 1 unspecified atom stereocenters. The summed E-state index contributed by atoms with van der Waals surface area (Å²) in [6.07, 6.45) is 0.446. The van der Waals surface area contributed by atoms with Crippen molar-refractivity contribution in [3.8, 4) is 0 Å². The monoisotopic (exact) mass is 345 g/mol. The topological polar surface area (TPSA) is 70.5 Å². The van der Waals surface area contributed by atoms with Crippen LogP contribution in [0.15, 0.2) is 30.3 Å². The molecule has 0 radical (unpaired) electrons. The zero-order valence-electron chi connectivity index (χ0n) is 14.4. The van der Waals surface area contributed by atoms with Gasteiger partial charge >= 0.3 is 6.03 Å². The SMILES string of the molecule is Cc1cc(NC(=O)N(C)C2CCN(c3ccccc3F)C2=O)n(C)n1. The van der Waals surface area contributed by atoms with Crippen molar-refractivity contribution in [2.24, 2.45) is 7.05 Å². The lowest BCUT2D eigenvalue weighted by Crippen LogP contribution is -2.45. The number of nitrogens with zero attached hydrogens (tertiary/aromatic N) is 4. The number of rotatable bonds is 3. The van der Waals surface area contributed by atoms with Crippen LogP contribution in [0, 0.1) is 12.7 Å². The van der Waals surface area contributed by atoms with Gasteiger partial charge in [-0.05, 0) is 25.5 Å². The molecular weight excluding hydrogens is 325 g/mol. The highest BCUT2D eigenvalue weighted by Gasteiger charge is 2.38. The van der Waals surface area contributed by atoms with Crippen molar-refractivity contribution in [2.75, 3.05) is 23.8 Å². The van der Waals surface area contributed by atoms with E-state index in [-0.39, 0.29) is 11.6 Å². The van der Waals surface area contributed by atoms with Crippen LogP contribution < -0.4 is 10.2 Å². The van der Waals surface area contributed by atoms with Crippen LogP contribution >= 0.6 is 0 Å². The van der Waals surface area contributed by atoms with E-state index in [1.165, 1.54) is 15.9 Å². The minimum Gasteiger partial charge on any atom is -0.315 e. The first-order valence-corrected chi connectivity index (χ1v) is 7.99. The van der Waals surface area contributed by atoms with E-state index in [0.29, 0.717) is 18.8 Å². The molecule has 2 aromatic rings. The Bertz CT molecular complexity index is 819. The fourth-order valence-corrected chi connectivity index (χ4v) is 3.00. The van der Waals surface area contributed by atoms with E-state index in [2.05, 4.69) is 10.4 Å². The molecule has 0 aliphatic carbocycles. The lowest BCUT2D eigenvalue weighted by molar-refractivity contribution is -0.120. The molecule has 1 aliphatic rings. The summed E-state index contributed by atoms with van der Waals surface area (Å²) in [6.45, 7) is 2.19. The largest absolute Gasteiger partial charge is 0.323 e. The van der Waals surface area contributed by atoms with Gasteiger partial charge in [0.15, 0.2) is 0 Å². The number of aryl methyl sites for hydroxylation is 2. The van der Waals surface area contributed by atoms with Crippen molar-refractivity contribution in [2.45, 2.75) is 19.4 Å². The van der Waals surface area contributed by atoms with Crippen LogP contribution in [0.2, 0.25) is 0 Å². The Hall–Kier alpha value is -2.90. The molecule has 25 heavy (non-hydrogen) atoms. The smallest absolute Gasteiger partial charge is 0.315 e. The van der Waals surface area contributed by atoms with Gasteiger partial charge < -0.3 is 9.80 Å². The lowest BCUT2D eigenvalue weighted by Gasteiger charge is -2.24. The highest BCUT2D eigenvalue weighted by Crippen LogP contribution is 2.26. The van der Waals surface area contributed by atoms with Gasteiger partial charge in [0.2, 0.25) is 5.91 Å². The minimum absolute atomic E-state index is 0.242. The average Bonchev–Trinajstić information content (AvgIpc) is 3.09. The van der Waals surface area contributed by atoms with Gasteiger partial charge in [0.1, 0.15) is 17.7 Å². The Balaban J connectivity index is 1.72. The van der Waals surface area contributed by atoms with Crippen LogP contribution in [0.25, 0.3) is 0 Å². The van der Waals surface area contributed by atoms with Gasteiger partial charge in [-0.3, -0.25) is 14.8 Å². The van der Waals surface area contributed by atoms with Crippen LogP contribution in [0.5, 0.6) is 0 Å². The Labute approximate surface area is 145 Å². The summed E-state index contributed by atoms with van der Waals surface area (Å²) in [4.78, 5) is 27.8. The number of carbonyl (C=O) groups is 2. The summed E-state index contributed by atoms with van der Waals surface area (Å²) in [6, 6.07) is 6.84. The van der Waals surface area contributed by atoms with Crippen molar-refractivity contribution < 1.29 is 14.0 Å². The van der Waals surface area contributed by atoms with Crippen LogP contribution in [0.1, 0.15) is 12.1 Å². The van der Waals surface area contributed by atoms with E-state index in [9.17, 15) is 14.0 Å². The third-order valence-electron chi connectivity index (χ3n) is 4.35. The van der Waals surface area contributed by atoms with Gasteiger partial charge in [0, 0.05) is 26.7 Å². The lowest BCUT2D eigenvalue weighted by atomic mass is 10.2. The summed E-state index contributed by atoms with van der Waals surface area (Å²) in [5.74, 6) is -0.191. The second-order valence-corrected chi connectivity index (χ2v) is 6.08. The molecule has 7 nitrogen and oxygen atoms in total. The molecule has 1 saturated heterocycles. The molecule has 0 saturated carbocycles. The number of halogens is 1. The highest BCUT2D eigenvalue weighted by atomic mass is 19.1. The van der Waals surface area contributed by atoms with Crippen LogP contribution in [0.4, 0.5) is 20.7 Å². The number of nitrogens with one attached hydrogen (secondary N) is 1. The maximum Gasteiger partial charge on any atom is 0.323 e. The van der Waals surface area contributed by atoms with Crippen molar-refractivity contribution in [3.05, 3.63) is 41.8 Å². The molecule has 3 rings (SSSR count). The third kappa shape index (κ3) is 3.19. The van der Waals surface area contributed by atoms with Crippen molar-refractivity contribution in [3.63, 3.8) is 0 Å². The first kappa shape index (κ1) is 16.9. The number of benzene rings is 1. The van der Waals surface area contributed by atoms with E-state index >= 15 is 0 Å². The number of hydrogen-bond acceptors (Lipinski definition) is 3. The quantitative estimate of drug-likeness (QED) is 0.926. The van der Waals surface area contributed by atoms with Crippen molar-refractivity contribution in [1.82, 2.24) is 14.7 Å². The van der Waals surface area contributed by atoms with Gasteiger partial charge in [-0.1, -0.05) is 12.1 Å². The standard InChI is InChI=1S/C17H20FN5O2/c1-11-10-15(22(3)20-11)19-17(25)21(2)14-8-9-23(16(14)24)13-7-5-4-6-12(13)18/h4-7,10,14H,8-9H2,1-3H3,(H,19,25). The maximum absolute atomic E-state index is 13.9. The van der Waals surface area contributed by atoms with Crippen LogP contribution in [-0.4, -0.2) is 46.3 Å². The maximum atomic E-state index is 13.9. The van der Waals surface area contributed by atoms with Gasteiger partial charge in [-0.25, -0.2) is 9.18 Å². The zero-order valence-corrected chi connectivity index (χ0v) is 14.4. The molecule has 1 N–H and O–H groups in total. The number of amides is 3. The van der Waals surface area contributed by atoms with E-state index < -0.39 is 17.9 Å². The van der Waals surface area contributed by atoms with Crippen molar-refractivity contribution >= 4 is 23.4 Å². The van der Waals surface area contributed by atoms with E-state index in [4.69, 9.17) is 0 Å². The number of para-hydroxylation sites is 1. The molecule has 3 amide bonds. The molecule has 8 heteroatoms. The van der Waals surface area contributed by atoms with Crippen LogP contribution in [-0.2, 0) is 11.8 Å². The van der Waals surface area contributed by atoms with E-state index in [0.717, 1.165) is 5.69 Å². The summed E-state index contributed by atoms with van der Waals surface area (Å²) < 4.78 is 15.5. The fraction of sp³-hybridized carbons (Fsp3) is 0.353. The highest BCUT2D eigenvalue weighted by molar-refractivity contribution is 6.02. The number of carbonyl (C=O) groups excluding carboxylic acids is 2. The second-order valence-electron chi connectivity index (χ2n) is 6.08. The van der Waals surface area contributed by atoms with Gasteiger partial charge in [-0.2, -0.15) is 5.10 Å². The summed E-state index contributed by atoms with van der Waals surface area (Å²) in [7, 11) is 3.29. The average molecular weight is 345 g/mol. The molecule has 1 atom stereocenters. The Morgan fingerprint density at radius 3 is 2.76 bits per heavy atom. The second kappa shape index (κ2) is 6.54. The Morgan fingerprint density at radius 1 is 1.40 bits per heavy atom. The van der Waals surface area contributed by atoms with Gasteiger partial charge in [-0.15, -0.1) is 0 Å². The number of anilines is 2. The Morgan fingerprint density at radius 2 is 2.12 bits per heavy atom. The summed E-state index contributed by atoms with van der Waals surface area (Å²) in [5, 5.41) is 6.90. The molecular formula is C17H20FN5O2. The Kier molecular flexibility index (Phi) is 4.43. The normalized spacial score (nSPS) is 17.0. The van der Waals surface area contributed by atoms with Crippen molar-refractivity contribution in [1.29, 1.82) is 0 Å². The molecule has 0 spiro atoms.